The number of carbonyl (C=O) groups is 1. The minimum atomic E-state index is -4.02. The first-order chi connectivity index (χ1) is 11.6. The Morgan fingerprint density at radius 2 is 1.88 bits per heavy atom. The van der Waals surface area contributed by atoms with Gasteiger partial charge in [0.2, 0.25) is 15.9 Å². The molecule has 0 saturated carbocycles. The maximum Gasteiger partial charge on any atom is 0.245 e. The maximum absolute atomic E-state index is 13.3. The van der Waals surface area contributed by atoms with Crippen LogP contribution in [0.25, 0.3) is 0 Å². The van der Waals surface area contributed by atoms with E-state index in [2.05, 4.69) is 42.2 Å². The van der Waals surface area contributed by atoms with Gasteiger partial charge in [-0.3, -0.25) is 4.79 Å². The number of nitrogens with zero attached hydrogens (tertiary/aromatic N) is 2. The third-order valence-corrected chi connectivity index (χ3v) is 6.86. The van der Waals surface area contributed by atoms with E-state index >= 15 is 0 Å². The molecule has 0 saturated heterocycles. The Balaban J connectivity index is 2.17. The number of aryl methyl sites for hydroxylation is 1. The molecule has 0 fully saturated rings. The highest BCUT2D eigenvalue weighted by molar-refractivity contribution is 9.11. The van der Waals surface area contributed by atoms with Gasteiger partial charge in [0.05, 0.1) is 6.54 Å². The summed E-state index contributed by atoms with van der Waals surface area (Å²) < 4.78 is 39.7. The summed E-state index contributed by atoms with van der Waals surface area (Å²) in [5.74, 6) is -0.814. The number of halogens is 3. The van der Waals surface area contributed by atoms with E-state index in [-0.39, 0.29) is 13.8 Å². The molecular weight excluding hydrogens is 481 g/mol. The number of carbonyl (C=O) groups excluding carboxylic acids is 1. The molecule has 0 aliphatic heterocycles. The molecule has 1 amide bonds. The summed E-state index contributed by atoms with van der Waals surface area (Å²) in [5.41, 5.74) is 0.934. The van der Waals surface area contributed by atoms with Gasteiger partial charge < -0.3 is 5.32 Å². The SMILES string of the molecule is Cc1ccc(NC(=O)CN(C)S(=O)(=O)c2c(Br)cc(F)cc2Br)nc1. The van der Waals surface area contributed by atoms with Crippen molar-refractivity contribution < 1.29 is 17.6 Å². The van der Waals surface area contributed by atoms with Gasteiger partial charge in [0, 0.05) is 22.2 Å². The Hall–Kier alpha value is -1.36. The second-order valence-corrected chi connectivity index (χ2v) is 8.92. The Kier molecular flexibility index (Phi) is 6.30. The van der Waals surface area contributed by atoms with Crippen LogP contribution in [0.2, 0.25) is 0 Å². The Morgan fingerprint density at radius 1 is 1.28 bits per heavy atom. The number of sulfonamides is 1. The van der Waals surface area contributed by atoms with Crippen LogP contribution in [0.15, 0.2) is 44.3 Å². The van der Waals surface area contributed by atoms with E-state index in [4.69, 9.17) is 0 Å². The molecule has 10 heteroatoms. The molecule has 2 aromatic rings. The van der Waals surface area contributed by atoms with Crippen molar-refractivity contribution in [3.05, 3.63) is 50.8 Å². The van der Waals surface area contributed by atoms with Gasteiger partial charge in [0.1, 0.15) is 16.5 Å². The average Bonchev–Trinajstić information content (AvgIpc) is 2.48. The molecule has 0 atom stereocenters. The van der Waals surface area contributed by atoms with E-state index in [1.54, 1.807) is 18.3 Å². The van der Waals surface area contributed by atoms with Crippen LogP contribution in [0, 0.1) is 12.7 Å². The molecule has 0 bridgehead atoms. The first-order valence-corrected chi connectivity index (χ1v) is 9.97. The summed E-state index contributed by atoms with van der Waals surface area (Å²) in [6.07, 6.45) is 1.59. The van der Waals surface area contributed by atoms with Gasteiger partial charge in [-0.15, -0.1) is 0 Å². The standard InChI is InChI=1S/C15H14Br2FN3O3S/c1-9-3-4-13(19-7-9)20-14(22)8-21(2)25(23,24)15-11(16)5-10(18)6-12(15)17/h3-7H,8H2,1-2H3,(H,19,20,22). The summed E-state index contributed by atoms with van der Waals surface area (Å²) in [6.45, 7) is 1.44. The molecule has 1 N–H and O–H groups in total. The van der Waals surface area contributed by atoms with E-state index < -0.39 is 28.3 Å². The quantitative estimate of drug-likeness (QED) is 0.691. The van der Waals surface area contributed by atoms with Crippen molar-refractivity contribution in [2.45, 2.75) is 11.8 Å². The number of anilines is 1. The fourth-order valence-corrected chi connectivity index (χ4v) is 5.51. The van der Waals surface area contributed by atoms with Crippen LogP contribution >= 0.6 is 31.9 Å². The molecule has 0 unspecified atom stereocenters. The highest BCUT2D eigenvalue weighted by Crippen LogP contribution is 2.32. The third kappa shape index (κ3) is 4.84. The molecule has 1 heterocycles. The van der Waals surface area contributed by atoms with Gasteiger partial charge in [-0.2, -0.15) is 4.31 Å². The zero-order valence-corrected chi connectivity index (χ0v) is 17.2. The zero-order valence-electron chi connectivity index (χ0n) is 13.3. The molecule has 1 aromatic heterocycles. The molecule has 6 nitrogen and oxygen atoms in total. The molecule has 0 radical (unpaired) electrons. The molecule has 1 aromatic carbocycles. The number of amides is 1. The Morgan fingerprint density at radius 3 is 2.40 bits per heavy atom. The minimum absolute atomic E-state index is 0.0619. The van der Waals surface area contributed by atoms with Gasteiger partial charge in [0.25, 0.3) is 0 Å². The van der Waals surface area contributed by atoms with Crippen LogP contribution in [-0.4, -0.2) is 37.2 Å². The lowest BCUT2D eigenvalue weighted by atomic mass is 10.3. The first kappa shape index (κ1) is 20.0. The van der Waals surface area contributed by atoms with Crippen LogP contribution in [0.3, 0.4) is 0 Å². The predicted molar refractivity (Wildman–Crippen MR) is 99.2 cm³/mol. The molecular formula is C15H14Br2FN3O3S. The van der Waals surface area contributed by atoms with E-state index in [0.717, 1.165) is 22.0 Å². The van der Waals surface area contributed by atoms with E-state index in [1.807, 2.05) is 6.92 Å². The summed E-state index contributed by atoms with van der Waals surface area (Å²) in [5, 5.41) is 2.52. The van der Waals surface area contributed by atoms with Gasteiger partial charge in [0.15, 0.2) is 0 Å². The number of likely N-dealkylation sites (N-methyl/N-ethyl adjacent to an activating group) is 1. The van der Waals surface area contributed by atoms with E-state index in [1.165, 1.54) is 7.05 Å². The smallest absolute Gasteiger partial charge is 0.245 e. The molecule has 134 valence electrons. The lowest BCUT2D eigenvalue weighted by Crippen LogP contribution is -2.35. The zero-order chi connectivity index (χ0) is 18.8. The predicted octanol–water partition coefficient (Wildman–Crippen LogP) is 3.31. The van der Waals surface area contributed by atoms with E-state index in [0.29, 0.717) is 5.82 Å². The van der Waals surface area contributed by atoms with Crippen LogP contribution in [-0.2, 0) is 14.8 Å². The summed E-state index contributed by atoms with van der Waals surface area (Å²) >= 11 is 6.08. The number of pyridine rings is 1. The van der Waals surface area contributed by atoms with Crippen molar-refractivity contribution in [2.24, 2.45) is 0 Å². The van der Waals surface area contributed by atoms with Crippen LogP contribution in [0.5, 0.6) is 0 Å². The highest BCUT2D eigenvalue weighted by Gasteiger charge is 2.28. The molecule has 0 aliphatic rings. The summed E-state index contributed by atoms with van der Waals surface area (Å²) in [7, 11) is -2.76. The monoisotopic (exact) mass is 493 g/mol. The van der Waals surface area contributed by atoms with Crippen molar-refractivity contribution in [1.82, 2.24) is 9.29 Å². The lowest BCUT2D eigenvalue weighted by Gasteiger charge is -2.18. The average molecular weight is 495 g/mol. The highest BCUT2D eigenvalue weighted by atomic mass is 79.9. The lowest BCUT2D eigenvalue weighted by molar-refractivity contribution is -0.116. The minimum Gasteiger partial charge on any atom is -0.310 e. The van der Waals surface area contributed by atoms with Crippen molar-refractivity contribution in [3.8, 4) is 0 Å². The van der Waals surface area contributed by atoms with E-state index in [9.17, 15) is 17.6 Å². The Bertz CT molecular complexity index is 882. The Labute approximate surface area is 161 Å². The third-order valence-electron chi connectivity index (χ3n) is 3.18. The topological polar surface area (TPSA) is 79.4 Å². The second-order valence-electron chi connectivity index (χ2n) is 5.23. The van der Waals surface area contributed by atoms with Crippen LogP contribution in [0.1, 0.15) is 5.56 Å². The van der Waals surface area contributed by atoms with Crippen LogP contribution < -0.4 is 5.32 Å². The number of hydrogen-bond acceptors (Lipinski definition) is 4. The van der Waals surface area contributed by atoms with Gasteiger partial charge in [-0.05, 0) is 62.5 Å². The maximum atomic E-state index is 13.3. The van der Waals surface area contributed by atoms with Crippen molar-refractivity contribution >= 4 is 53.6 Å². The molecule has 0 aliphatic carbocycles. The van der Waals surface area contributed by atoms with Crippen molar-refractivity contribution in [2.75, 3.05) is 18.9 Å². The fraction of sp³-hybridized carbons (Fsp3) is 0.200. The van der Waals surface area contributed by atoms with Gasteiger partial charge in [-0.25, -0.2) is 17.8 Å². The van der Waals surface area contributed by atoms with Crippen molar-refractivity contribution in [3.63, 3.8) is 0 Å². The number of nitrogens with one attached hydrogen (secondary N) is 1. The number of hydrogen-bond donors (Lipinski definition) is 1. The number of aromatic nitrogens is 1. The van der Waals surface area contributed by atoms with Crippen LogP contribution in [0.4, 0.5) is 10.2 Å². The molecule has 2 rings (SSSR count). The first-order valence-electron chi connectivity index (χ1n) is 6.94. The molecule has 25 heavy (non-hydrogen) atoms. The van der Waals surface area contributed by atoms with Gasteiger partial charge in [-0.1, -0.05) is 6.07 Å². The summed E-state index contributed by atoms with van der Waals surface area (Å²) in [6, 6.07) is 5.48. The summed E-state index contributed by atoms with van der Waals surface area (Å²) in [4.78, 5) is 15.9. The van der Waals surface area contributed by atoms with Crippen molar-refractivity contribution in [1.29, 1.82) is 0 Å². The molecule has 0 spiro atoms. The normalized spacial score (nSPS) is 11.6. The van der Waals surface area contributed by atoms with Gasteiger partial charge >= 0.3 is 0 Å². The number of rotatable bonds is 5. The largest absolute Gasteiger partial charge is 0.310 e. The second kappa shape index (κ2) is 7.90. The number of benzene rings is 1. The fourth-order valence-electron chi connectivity index (χ4n) is 1.94.